The molecule has 0 radical (unpaired) electrons. The van der Waals surface area contributed by atoms with Crippen LogP contribution < -0.4 is 5.32 Å². The van der Waals surface area contributed by atoms with Crippen molar-refractivity contribution in [2.24, 2.45) is 0 Å². The average Bonchev–Trinajstić information content (AvgIpc) is 2.99. The Morgan fingerprint density at radius 3 is 2.67 bits per heavy atom. The Morgan fingerprint density at radius 1 is 1.29 bits per heavy atom. The molecule has 1 aliphatic heterocycles. The SMILES string of the molecule is CCC(c1nc(-c2ccc(F)cc2)cs1)N1CCNCC1. The first kappa shape index (κ1) is 14.6. The van der Waals surface area contributed by atoms with E-state index in [0.717, 1.165) is 43.9 Å². The van der Waals surface area contributed by atoms with Gasteiger partial charge < -0.3 is 5.32 Å². The van der Waals surface area contributed by atoms with Crippen LogP contribution in [0.25, 0.3) is 11.3 Å². The summed E-state index contributed by atoms with van der Waals surface area (Å²) in [6.45, 7) is 6.46. The van der Waals surface area contributed by atoms with Crippen LogP contribution in [0.2, 0.25) is 0 Å². The Kier molecular flexibility index (Phi) is 4.63. The van der Waals surface area contributed by atoms with E-state index in [4.69, 9.17) is 4.98 Å². The molecule has 2 heterocycles. The van der Waals surface area contributed by atoms with E-state index in [1.54, 1.807) is 23.5 Å². The number of piperazine rings is 1. The van der Waals surface area contributed by atoms with Crippen LogP contribution in [0.3, 0.4) is 0 Å². The van der Waals surface area contributed by atoms with Gasteiger partial charge in [0.15, 0.2) is 0 Å². The highest BCUT2D eigenvalue weighted by Crippen LogP contribution is 2.30. The first-order chi connectivity index (χ1) is 10.3. The molecule has 1 aromatic heterocycles. The zero-order chi connectivity index (χ0) is 14.7. The molecule has 1 aromatic carbocycles. The molecule has 112 valence electrons. The lowest BCUT2D eigenvalue weighted by Gasteiger charge is -2.33. The van der Waals surface area contributed by atoms with Crippen molar-refractivity contribution in [3.8, 4) is 11.3 Å². The van der Waals surface area contributed by atoms with Crippen LogP contribution in [-0.2, 0) is 0 Å². The lowest BCUT2D eigenvalue weighted by atomic mass is 10.1. The van der Waals surface area contributed by atoms with E-state index < -0.39 is 0 Å². The van der Waals surface area contributed by atoms with E-state index in [9.17, 15) is 4.39 Å². The van der Waals surface area contributed by atoms with Gasteiger partial charge in [-0.1, -0.05) is 6.92 Å². The van der Waals surface area contributed by atoms with Crippen LogP contribution in [0.4, 0.5) is 4.39 Å². The summed E-state index contributed by atoms with van der Waals surface area (Å²) in [6.07, 6.45) is 1.07. The van der Waals surface area contributed by atoms with E-state index in [2.05, 4.69) is 22.5 Å². The molecule has 5 heteroatoms. The number of halogens is 1. The van der Waals surface area contributed by atoms with E-state index in [1.807, 2.05) is 0 Å². The molecule has 0 saturated carbocycles. The summed E-state index contributed by atoms with van der Waals surface area (Å²) >= 11 is 1.71. The molecule has 0 bridgehead atoms. The molecule has 1 N–H and O–H groups in total. The molecule has 21 heavy (non-hydrogen) atoms. The number of thiazole rings is 1. The second-order valence-electron chi connectivity index (χ2n) is 5.29. The number of hydrogen-bond acceptors (Lipinski definition) is 4. The zero-order valence-corrected chi connectivity index (χ0v) is 13.0. The maximum Gasteiger partial charge on any atom is 0.123 e. The lowest BCUT2D eigenvalue weighted by molar-refractivity contribution is 0.169. The van der Waals surface area contributed by atoms with Gasteiger partial charge in [-0.3, -0.25) is 4.90 Å². The van der Waals surface area contributed by atoms with Gasteiger partial charge in [0, 0.05) is 37.1 Å². The molecule has 1 unspecified atom stereocenters. The van der Waals surface area contributed by atoms with Crippen LogP contribution in [0.1, 0.15) is 24.4 Å². The molecule has 0 aliphatic carbocycles. The highest BCUT2D eigenvalue weighted by atomic mass is 32.1. The van der Waals surface area contributed by atoms with Gasteiger partial charge in [-0.25, -0.2) is 9.37 Å². The quantitative estimate of drug-likeness (QED) is 0.939. The van der Waals surface area contributed by atoms with E-state index in [0.29, 0.717) is 6.04 Å². The molecule has 3 nitrogen and oxygen atoms in total. The molecule has 3 rings (SSSR count). The Balaban J connectivity index is 1.80. The standard InChI is InChI=1S/C16H20FN3S/c1-2-15(20-9-7-18-8-10-20)16-19-14(11-21-16)12-3-5-13(17)6-4-12/h3-6,11,15,18H,2,7-10H2,1H3. The number of rotatable bonds is 4. The van der Waals surface area contributed by atoms with Crippen LogP contribution in [0, 0.1) is 5.82 Å². The molecule has 0 amide bonds. The minimum absolute atomic E-state index is 0.207. The third kappa shape index (κ3) is 3.31. The Bertz CT molecular complexity index is 575. The first-order valence-corrected chi connectivity index (χ1v) is 8.32. The van der Waals surface area contributed by atoms with Crippen molar-refractivity contribution in [3.05, 3.63) is 40.5 Å². The van der Waals surface area contributed by atoms with Gasteiger partial charge in [0.05, 0.1) is 11.7 Å². The van der Waals surface area contributed by atoms with Gasteiger partial charge in [0.1, 0.15) is 10.8 Å². The summed E-state index contributed by atoms with van der Waals surface area (Å²) in [7, 11) is 0. The fourth-order valence-electron chi connectivity index (χ4n) is 2.78. The third-order valence-electron chi connectivity index (χ3n) is 3.93. The summed E-state index contributed by atoms with van der Waals surface area (Å²) in [5.41, 5.74) is 1.93. The summed E-state index contributed by atoms with van der Waals surface area (Å²) in [6, 6.07) is 6.95. The van der Waals surface area contributed by atoms with Gasteiger partial charge in [0.2, 0.25) is 0 Å². The fraction of sp³-hybridized carbons (Fsp3) is 0.438. The minimum atomic E-state index is -0.207. The summed E-state index contributed by atoms with van der Waals surface area (Å²) in [5.74, 6) is -0.207. The molecule has 1 saturated heterocycles. The van der Waals surface area contributed by atoms with Gasteiger partial charge >= 0.3 is 0 Å². The molecule has 2 aromatic rings. The maximum atomic E-state index is 13.0. The Morgan fingerprint density at radius 2 is 2.00 bits per heavy atom. The Hall–Kier alpha value is -1.30. The van der Waals surface area contributed by atoms with Crippen molar-refractivity contribution in [2.75, 3.05) is 26.2 Å². The molecular weight excluding hydrogens is 285 g/mol. The monoisotopic (exact) mass is 305 g/mol. The molecular formula is C16H20FN3S. The van der Waals surface area contributed by atoms with E-state index >= 15 is 0 Å². The zero-order valence-electron chi connectivity index (χ0n) is 12.2. The van der Waals surface area contributed by atoms with E-state index in [-0.39, 0.29) is 5.82 Å². The number of nitrogens with zero attached hydrogens (tertiary/aromatic N) is 2. The second-order valence-corrected chi connectivity index (χ2v) is 6.18. The van der Waals surface area contributed by atoms with Crippen LogP contribution in [0.5, 0.6) is 0 Å². The third-order valence-corrected chi connectivity index (χ3v) is 4.87. The molecule has 1 fully saturated rings. The highest BCUT2D eigenvalue weighted by Gasteiger charge is 2.23. The normalized spacial score (nSPS) is 17.8. The van der Waals surface area contributed by atoms with Gasteiger partial charge in [-0.15, -0.1) is 11.3 Å². The number of hydrogen-bond donors (Lipinski definition) is 1. The van der Waals surface area contributed by atoms with Crippen molar-refractivity contribution in [3.63, 3.8) is 0 Å². The molecule has 1 aliphatic rings. The fourth-order valence-corrected chi connectivity index (χ4v) is 3.82. The largest absolute Gasteiger partial charge is 0.314 e. The predicted octanol–water partition coefficient (Wildman–Crippen LogP) is 3.31. The number of benzene rings is 1. The first-order valence-electron chi connectivity index (χ1n) is 7.44. The van der Waals surface area contributed by atoms with Crippen LogP contribution in [0.15, 0.2) is 29.6 Å². The molecule has 0 spiro atoms. The average molecular weight is 305 g/mol. The van der Waals surface area contributed by atoms with Gasteiger partial charge in [-0.2, -0.15) is 0 Å². The summed E-state index contributed by atoms with van der Waals surface area (Å²) in [4.78, 5) is 7.29. The van der Waals surface area contributed by atoms with Crippen molar-refractivity contribution in [1.82, 2.24) is 15.2 Å². The van der Waals surface area contributed by atoms with Crippen LogP contribution in [-0.4, -0.2) is 36.1 Å². The summed E-state index contributed by atoms with van der Waals surface area (Å²) in [5, 5.41) is 6.63. The topological polar surface area (TPSA) is 28.2 Å². The lowest BCUT2D eigenvalue weighted by Crippen LogP contribution is -2.45. The predicted molar refractivity (Wildman–Crippen MR) is 85.0 cm³/mol. The number of aromatic nitrogens is 1. The summed E-state index contributed by atoms with van der Waals surface area (Å²) < 4.78 is 13.0. The van der Waals surface area contributed by atoms with Crippen molar-refractivity contribution in [1.29, 1.82) is 0 Å². The van der Waals surface area contributed by atoms with Gasteiger partial charge in [-0.05, 0) is 30.7 Å². The number of nitrogens with one attached hydrogen (secondary N) is 1. The van der Waals surface area contributed by atoms with Crippen molar-refractivity contribution < 1.29 is 4.39 Å². The minimum Gasteiger partial charge on any atom is -0.314 e. The second kappa shape index (κ2) is 6.64. The van der Waals surface area contributed by atoms with Crippen molar-refractivity contribution >= 4 is 11.3 Å². The Labute approximate surface area is 128 Å². The highest BCUT2D eigenvalue weighted by molar-refractivity contribution is 7.10. The van der Waals surface area contributed by atoms with Crippen LogP contribution >= 0.6 is 11.3 Å². The van der Waals surface area contributed by atoms with Crippen molar-refractivity contribution in [2.45, 2.75) is 19.4 Å². The molecule has 1 atom stereocenters. The van der Waals surface area contributed by atoms with E-state index in [1.165, 1.54) is 17.1 Å². The maximum absolute atomic E-state index is 13.0. The van der Waals surface area contributed by atoms with Gasteiger partial charge in [0.25, 0.3) is 0 Å². The smallest absolute Gasteiger partial charge is 0.123 e.